The minimum absolute atomic E-state index is 0.623. The van der Waals surface area contributed by atoms with Crippen molar-refractivity contribution in [2.24, 2.45) is 5.10 Å². The van der Waals surface area contributed by atoms with Gasteiger partial charge < -0.3 is 18.9 Å². The van der Waals surface area contributed by atoms with E-state index in [1.54, 1.807) is 34.7 Å². The number of nitrogens with one attached hydrogen (secondary N) is 1. The Bertz CT molecular complexity index is 972. The molecule has 3 aromatic rings. The smallest absolute Gasteiger partial charge is 0.203 e. The molecule has 0 bridgehead atoms. The maximum absolute atomic E-state index is 5.45. The molecule has 0 fully saturated rings. The summed E-state index contributed by atoms with van der Waals surface area (Å²) in [6.07, 6.45) is 1.66. The number of rotatable bonds is 8. The van der Waals surface area contributed by atoms with Crippen LogP contribution in [0.15, 0.2) is 46.9 Å². The van der Waals surface area contributed by atoms with Crippen LogP contribution < -0.4 is 24.4 Å². The number of benzene rings is 2. The summed E-state index contributed by atoms with van der Waals surface area (Å²) < 4.78 is 21.4. The van der Waals surface area contributed by atoms with Crippen LogP contribution in [-0.4, -0.2) is 39.6 Å². The molecule has 1 heterocycles. The number of hydrogen-bond acceptors (Lipinski definition) is 8. The maximum Gasteiger partial charge on any atom is 0.203 e. The van der Waals surface area contributed by atoms with Crippen LogP contribution in [0.2, 0.25) is 0 Å². The maximum atomic E-state index is 5.45. The zero-order valence-electron chi connectivity index (χ0n) is 16.1. The molecule has 0 saturated heterocycles. The topological polar surface area (TPSA) is 74.2 Å². The molecule has 146 valence electrons. The van der Waals surface area contributed by atoms with E-state index in [4.69, 9.17) is 18.9 Å². The van der Waals surface area contributed by atoms with Crippen LogP contribution >= 0.6 is 11.3 Å². The number of methoxy groups -OCH3 is 4. The molecule has 2 aromatic carbocycles. The van der Waals surface area contributed by atoms with Crippen LogP contribution in [0.1, 0.15) is 5.56 Å². The zero-order chi connectivity index (χ0) is 19.9. The first-order chi connectivity index (χ1) is 13.7. The number of aromatic nitrogens is 1. The van der Waals surface area contributed by atoms with Crippen molar-refractivity contribution in [1.29, 1.82) is 0 Å². The highest BCUT2D eigenvalue weighted by Gasteiger charge is 2.11. The molecule has 0 radical (unpaired) electrons. The number of hydrogen-bond donors (Lipinski definition) is 1. The van der Waals surface area contributed by atoms with Crippen molar-refractivity contribution in [3.8, 4) is 34.3 Å². The normalized spacial score (nSPS) is 10.7. The van der Waals surface area contributed by atoms with Gasteiger partial charge in [-0.3, -0.25) is 5.43 Å². The number of anilines is 1. The van der Waals surface area contributed by atoms with Crippen molar-refractivity contribution in [1.82, 2.24) is 4.98 Å². The van der Waals surface area contributed by atoms with Gasteiger partial charge in [0.25, 0.3) is 0 Å². The fourth-order valence-electron chi connectivity index (χ4n) is 2.63. The Morgan fingerprint density at radius 1 is 0.964 bits per heavy atom. The minimum atomic E-state index is 0.623. The van der Waals surface area contributed by atoms with Crippen molar-refractivity contribution in [2.75, 3.05) is 33.9 Å². The summed E-state index contributed by atoms with van der Waals surface area (Å²) in [5.74, 6) is 2.69. The molecule has 8 heteroatoms. The fourth-order valence-corrected chi connectivity index (χ4v) is 3.29. The second-order valence-corrected chi connectivity index (χ2v) is 6.41. The Kier molecular flexibility index (Phi) is 6.33. The van der Waals surface area contributed by atoms with Gasteiger partial charge in [-0.05, 0) is 24.3 Å². The first-order valence-electron chi connectivity index (χ1n) is 8.38. The summed E-state index contributed by atoms with van der Waals surface area (Å²) in [4.78, 5) is 4.57. The summed E-state index contributed by atoms with van der Waals surface area (Å²) >= 11 is 1.45. The summed E-state index contributed by atoms with van der Waals surface area (Å²) in [5.41, 5.74) is 5.41. The van der Waals surface area contributed by atoms with Gasteiger partial charge >= 0.3 is 0 Å². The molecule has 0 aliphatic heterocycles. The fraction of sp³-hybridized carbons (Fsp3) is 0.200. The van der Waals surface area contributed by atoms with Gasteiger partial charge in [-0.25, -0.2) is 4.98 Å². The summed E-state index contributed by atoms with van der Waals surface area (Å²) in [5, 5.41) is 6.86. The van der Waals surface area contributed by atoms with E-state index in [1.807, 2.05) is 41.8 Å². The molecule has 0 saturated carbocycles. The first kappa shape index (κ1) is 19.5. The average molecular weight is 399 g/mol. The van der Waals surface area contributed by atoms with Gasteiger partial charge in [-0.1, -0.05) is 6.07 Å². The van der Waals surface area contributed by atoms with Crippen LogP contribution in [0, 0.1) is 0 Å². The number of para-hydroxylation sites is 1. The molecule has 0 atom stereocenters. The van der Waals surface area contributed by atoms with E-state index < -0.39 is 0 Å². The Balaban J connectivity index is 1.77. The molecule has 1 aromatic heterocycles. The zero-order valence-corrected chi connectivity index (χ0v) is 16.9. The highest BCUT2D eigenvalue weighted by Crippen LogP contribution is 2.35. The predicted molar refractivity (Wildman–Crippen MR) is 111 cm³/mol. The second kappa shape index (κ2) is 9.09. The van der Waals surface area contributed by atoms with Crippen molar-refractivity contribution < 1.29 is 18.9 Å². The van der Waals surface area contributed by atoms with Crippen LogP contribution in [0.4, 0.5) is 5.13 Å². The molecule has 0 unspecified atom stereocenters. The molecule has 0 aliphatic carbocycles. The lowest BCUT2D eigenvalue weighted by atomic mass is 10.1. The van der Waals surface area contributed by atoms with Crippen LogP contribution in [-0.2, 0) is 0 Å². The lowest BCUT2D eigenvalue weighted by molar-refractivity contribution is 0.354. The molecule has 3 rings (SSSR count). The summed E-state index contributed by atoms with van der Waals surface area (Å²) in [7, 11) is 6.43. The van der Waals surface area contributed by atoms with E-state index in [0.29, 0.717) is 22.4 Å². The largest absolute Gasteiger partial charge is 0.497 e. The van der Waals surface area contributed by atoms with Gasteiger partial charge in [0, 0.05) is 22.6 Å². The van der Waals surface area contributed by atoms with Crippen LogP contribution in [0.5, 0.6) is 23.0 Å². The minimum Gasteiger partial charge on any atom is -0.497 e. The molecular formula is C20H21N3O4S. The van der Waals surface area contributed by atoms with Crippen molar-refractivity contribution in [2.45, 2.75) is 0 Å². The quantitative estimate of drug-likeness (QED) is 0.450. The van der Waals surface area contributed by atoms with Gasteiger partial charge in [-0.2, -0.15) is 5.10 Å². The van der Waals surface area contributed by atoms with E-state index in [0.717, 1.165) is 22.6 Å². The standard InChI is InChI=1S/C20H21N3O4S/c1-24-14-8-9-15(18(10-14)26-3)16-12-28-20(22-16)23-21-11-13-6-5-7-17(25-2)19(13)27-4/h5-12H,1-4H3,(H,22,23)/b21-11-. The predicted octanol–water partition coefficient (Wildman–Crippen LogP) is 4.29. The van der Waals surface area contributed by atoms with Gasteiger partial charge in [0.2, 0.25) is 5.13 Å². The molecule has 0 spiro atoms. The molecule has 0 amide bonds. The van der Waals surface area contributed by atoms with Crippen molar-refractivity contribution in [3.63, 3.8) is 0 Å². The second-order valence-electron chi connectivity index (χ2n) is 5.56. The molecule has 1 N–H and O–H groups in total. The van der Waals surface area contributed by atoms with Gasteiger partial charge in [0.15, 0.2) is 11.5 Å². The van der Waals surface area contributed by atoms with Crippen LogP contribution in [0.3, 0.4) is 0 Å². The highest BCUT2D eigenvalue weighted by molar-refractivity contribution is 7.14. The van der Waals surface area contributed by atoms with E-state index >= 15 is 0 Å². The molecule has 28 heavy (non-hydrogen) atoms. The number of nitrogens with zero attached hydrogens (tertiary/aromatic N) is 2. The third kappa shape index (κ3) is 4.17. The van der Waals surface area contributed by atoms with E-state index in [1.165, 1.54) is 11.3 Å². The van der Waals surface area contributed by atoms with Crippen molar-refractivity contribution >= 4 is 22.7 Å². The lowest BCUT2D eigenvalue weighted by Crippen LogP contribution is -1.96. The third-order valence-corrected chi connectivity index (χ3v) is 4.73. The Hall–Kier alpha value is -3.26. The van der Waals surface area contributed by atoms with Gasteiger partial charge in [-0.15, -0.1) is 11.3 Å². The summed E-state index contributed by atoms with van der Waals surface area (Å²) in [6, 6.07) is 11.2. The molecule has 0 aliphatic rings. The highest BCUT2D eigenvalue weighted by atomic mass is 32.1. The molecule has 7 nitrogen and oxygen atoms in total. The number of hydrazone groups is 1. The number of ether oxygens (including phenoxy) is 4. The average Bonchev–Trinajstić information content (AvgIpc) is 3.21. The van der Waals surface area contributed by atoms with Gasteiger partial charge in [0.1, 0.15) is 11.5 Å². The lowest BCUT2D eigenvalue weighted by Gasteiger charge is -2.09. The summed E-state index contributed by atoms with van der Waals surface area (Å²) in [6.45, 7) is 0. The van der Waals surface area contributed by atoms with Gasteiger partial charge in [0.05, 0.1) is 40.3 Å². The van der Waals surface area contributed by atoms with E-state index in [9.17, 15) is 0 Å². The Morgan fingerprint density at radius 3 is 2.50 bits per heavy atom. The monoisotopic (exact) mass is 399 g/mol. The Labute approximate surface area is 167 Å². The first-order valence-corrected chi connectivity index (χ1v) is 9.26. The Morgan fingerprint density at radius 2 is 1.79 bits per heavy atom. The number of thiazole rings is 1. The molecular weight excluding hydrogens is 378 g/mol. The van der Waals surface area contributed by atoms with Crippen molar-refractivity contribution in [3.05, 3.63) is 47.3 Å². The SMILES string of the molecule is COc1ccc(-c2csc(N/N=C\c3cccc(OC)c3OC)n2)c(OC)c1. The van der Waals surface area contributed by atoms with E-state index in [2.05, 4.69) is 15.5 Å². The van der Waals surface area contributed by atoms with Crippen LogP contribution in [0.25, 0.3) is 11.3 Å². The van der Waals surface area contributed by atoms with E-state index in [-0.39, 0.29) is 0 Å². The third-order valence-electron chi connectivity index (χ3n) is 3.99.